The van der Waals surface area contributed by atoms with Crippen molar-refractivity contribution in [3.05, 3.63) is 95.1 Å². The summed E-state index contributed by atoms with van der Waals surface area (Å²) in [5, 5.41) is 0. The monoisotopic (exact) mass is 382 g/mol. The van der Waals surface area contributed by atoms with Crippen LogP contribution in [0, 0.1) is 0 Å². The summed E-state index contributed by atoms with van der Waals surface area (Å²) >= 11 is 0. The number of benzene rings is 3. The summed E-state index contributed by atoms with van der Waals surface area (Å²) in [7, 11) is 0. The molecule has 0 heterocycles. The van der Waals surface area contributed by atoms with Gasteiger partial charge in [0.15, 0.2) is 5.78 Å². The Kier molecular flexibility index (Phi) is 4.67. The maximum Gasteiger partial charge on any atom is 0.416 e. The molecule has 0 bridgehead atoms. The van der Waals surface area contributed by atoms with Crippen molar-refractivity contribution in [1.82, 2.24) is 0 Å². The highest BCUT2D eigenvalue weighted by Crippen LogP contribution is 2.34. The van der Waals surface area contributed by atoms with Gasteiger partial charge in [0, 0.05) is 12.0 Å². The SMILES string of the molecule is O=C1CC(c2ccc(Oc3ccc(C(F)(F)F)cc3)cc2)Cc2ccccc21. The van der Waals surface area contributed by atoms with E-state index in [1.807, 2.05) is 36.4 Å². The predicted octanol–water partition coefficient (Wildman–Crippen LogP) is 6.41. The maximum atomic E-state index is 12.6. The molecule has 0 aromatic heterocycles. The number of ether oxygens (including phenoxy) is 1. The lowest BCUT2D eigenvalue weighted by Gasteiger charge is -2.24. The smallest absolute Gasteiger partial charge is 0.416 e. The Hall–Kier alpha value is -3.08. The van der Waals surface area contributed by atoms with E-state index in [1.54, 1.807) is 12.1 Å². The number of hydrogen-bond acceptors (Lipinski definition) is 2. The molecule has 0 amide bonds. The van der Waals surface area contributed by atoms with E-state index < -0.39 is 11.7 Å². The Balaban J connectivity index is 1.47. The summed E-state index contributed by atoms with van der Waals surface area (Å²) in [4.78, 5) is 12.4. The molecule has 5 heteroatoms. The van der Waals surface area contributed by atoms with Crippen LogP contribution in [0.25, 0.3) is 0 Å². The van der Waals surface area contributed by atoms with E-state index in [0.717, 1.165) is 35.2 Å². The minimum Gasteiger partial charge on any atom is -0.457 e. The van der Waals surface area contributed by atoms with Gasteiger partial charge in [-0.25, -0.2) is 0 Å². The van der Waals surface area contributed by atoms with E-state index in [0.29, 0.717) is 17.9 Å². The van der Waals surface area contributed by atoms with Gasteiger partial charge in [0.1, 0.15) is 11.5 Å². The first kappa shape index (κ1) is 18.3. The van der Waals surface area contributed by atoms with Crippen LogP contribution in [-0.4, -0.2) is 5.78 Å². The first-order chi connectivity index (χ1) is 13.4. The van der Waals surface area contributed by atoms with Crippen LogP contribution in [0.4, 0.5) is 13.2 Å². The molecule has 142 valence electrons. The zero-order valence-electron chi connectivity index (χ0n) is 14.9. The molecule has 4 rings (SSSR count). The summed E-state index contributed by atoms with van der Waals surface area (Å²) in [6.45, 7) is 0. The van der Waals surface area contributed by atoms with Crippen LogP contribution in [0.15, 0.2) is 72.8 Å². The van der Waals surface area contributed by atoms with Crippen molar-refractivity contribution in [2.45, 2.75) is 24.9 Å². The average molecular weight is 382 g/mol. The van der Waals surface area contributed by atoms with Crippen LogP contribution < -0.4 is 4.74 Å². The van der Waals surface area contributed by atoms with Gasteiger partial charge in [0.25, 0.3) is 0 Å². The van der Waals surface area contributed by atoms with Crippen molar-refractivity contribution in [2.75, 3.05) is 0 Å². The molecule has 1 aliphatic carbocycles. The van der Waals surface area contributed by atoms with Crippen molar-refractivity contribution in [3.63, 3.8) is 0 Å². The van der Waals surface area contributed by atoms with Gasteiger partial charge in [0.2, 0.25) is 0 Å². The molecule has 3 aromatic carbocycles. The molecule has 0 saturated carbocycles. The minimum absolute atomic E-state index is 0.113. The van der Waals surface area contributed by atoms with E-state index in [2.05, 4.69) is 0 Å². The number of hydrogen-bond donors (Lipinski definition) is 0. The summed E-state index contributed by atoms with van der Waals surface area (Å²) in [5.41, 5.74) is 2.20. The standard InChI is InChI=1S/C23H17F3O2/c24-23(25,26)18-7-11-20(12-8-18)28-19-9-5-15(6-10-19)17-13-16-3-1-2-4-21(16)22(27)14-17/h1-12,17H,13-14H2. The molecule has 1 aliphatic rings. The summed E-state index contributed by atoms with van der Waals surface area (Å²) in [6.07, 6.45) is -3.09. The second kappa shape index (κ2) is 7.15. The first-order valence-electron chi connectivity index (χ1n) is 8.96. The van der Waals surface area contributed by atoms with E-state index >= 15 is 0 Å². The molecule has 0 N–H and O–H groups in total. The fourth-order valence-electron chi connectivity index (χ4n) is 3.53. The second-order valence-corrected chi connectivity index (χ2v) is 6.88. The van der Waals surface area contributed by atoms with E-state index in [-0.39, 0.29) is 11.7 Å². The lowest BCUT2D eigenvalue weighted by Crippen LogP contribution is -2.18. The van der Waals surface area contributed by atoms with Crippen molar-refractivity contribution in [2.24, 2.45) is 0 Å². The highest BCUT2D eigenvalue weighted by Gasteiger charge is 2.30. The van der Waals surface area contributed by atoms with Gasteiger partial charge in [-0.15, -0.1) is 0 Å². The van der Waals surface area contributed by atoms with E-state index in [9.17, 15) is 18.0 Å². The zero-order valence-corrected chi connectivity index (χ0v) is 14.9. The number of Topliss-reactive ketones (excluding diaryl/α,β-unsaturated/α-hetero) is 1. The Labute approximate surface area is 160 Å². The van der Waals surface area contributed by atoms with Crippen LogP contribution in [0.2, 0.25) is 0 Å². The molecule has 1 unspecified atom stereocenters. The normalized spacial score (nSPS) is 16.5. The number of rotatable bonds is 3. The number of alkyl halides is 3. The molecule has 28 heavy (non-hydrogen) atoms. The molecule has 0 spiro atoms. The van der Waals surface area contributed by atoms with Crippen molar-refractivity contribution in [3.8, 4) is 11.5 Å². The molecule has 3 aromatic rings. The largest absolute Gasteiger partial charge is 0.457 e. The van der Waals surface area contributed by atoms with Crippen LogP contribution in [0.5, 0.6) is 11.5 Å². The van der Waals surface area contributed by atoms with Gasteiger partial charge in [-0.05, 0) is 59.9 Å². The topological polar surface area (TPSA) is 26.3 Å². The molecule has 1 atom stereocenters. The Bertz CT molecular complexity index is 990. The molecule has 2 nitrogen and oxygen atoms in total. The van der Waals surface area contributed by atoms with Crippen LogP contribution >= 0.6 is 0 Å². The minimum atomic E-state index is -4.36. The van der Waals surface area contributed by atoms with Gasteiger partial charge in [-0.3, -0.25) is 4.79 Å². The lowest BCUT2D eigenvalue weighted by atomic mass is 9.79. The van der Waals surface area contributed by atoms with Gasteiger partial charge in [-0.2, -0.15) is 13.2 Å². The Morgan fingerprint density at radius 1 is 0.786 bits per heavy atom. The lowest BCUT2D eigenvalue weighted by molar-refractivity contribution is -0.137. The van der Waals surface area contributed by atoms with Crippen LogP contribution in [0.3, 0.4) is 0 Å². The van der Waals surface area contributed by atoms with Crippen molar-refractivity contribution >= 4 is 5.78 Å². The van der Waals surface area contributed by atoms with Gasteiger partial charge in [-0.1, -0.05) is 36.4 Å². The van der Waals surface area contributed by atoms with Gasteiger partial charge in [0.05, 0.1) is 5.56 Å². The molecule has 0 aliphatic heterocycles. The third-order valence-corrected chi connectivity index (χ3v) is 4.98. The quantitative estimate of drug-likeness (QED) is 0.523. The number of carbonyl (C=O) groups excluding carboxylic acids is 1. The molecular weight excluding hydrogens is 365 g/mol. The fourth-order valence-corrected chi connectivity index (χ4v) is 3.53. The third kappa shape index (κ3) is 3.79. The van der Waals surface area contributed by atoms with Crippen LogP contribution in [-0.2, 0) is 12.6 Å². The summed E-state index contributed by atoms with van der Waals surface area (Å²) < 4.78 is 43.5. The number of ketones is 1. The first-order valence-corrected chi connectivity index (χ1v) is 8.96. The molecule has 0 saturated heterocycles. The second-order valence-electron chi connectivity index (χ2n) is 6.88. The summed E-state index contributed by atoms with van der Waals surface area (Å²) in [6, 6.07) is 19.6. The van der Waals surface area contributed by atoms with Crippen LogP contribution in [0.1, 0.15) is 39.4 Å². The van der Waals surface area contributed by atoms with E-state index in [1.165, 1.54) is 12.1 Å². The fraction of sp³-hybridized carbons (Fsp3) is 0.174. The highest BCUT2D eigenvalue weighted by atomic mass is 19.4. The van der Waals surface area contributed by atoms with Gasteiger partial charge >= 0.3 is 6.18 Å². The van der Waals surface area contributed by atoms with Crippen molar-refractivity contribution < 1.29 is 22.7 Å². The van der Waals surface area contributed by atoms with Crippen molar-refractivity contribution in [1.29, 1.82) is 0 Å². The molecule has 0 fully saturated rings. The molecular formula is C23H17F3O2. The summed E-state index contributed by atoms with van der Waals surface area (Å²) in [5.74, 6) is 1.13. The Morgan fingerprint density at radius 2 is 1.39 bits per heavy atom. The maximum absolute atomic E-state index is 12.6. The average Bonchev–Trinajstić information content (AvgIpc) is 2.68. The third-order valence-electron chi connectivity index (χ3n) is 4.98. The number of fused-ring (bicyclic) bond motifs is 1. The number of halogens is 3. The molecule has 0 radical (unpaired) electrons. The zero-order chi connectivity index (χ0) is 19.7. The number of carbonyl (C=O) groups is 1. The Morgan fingerprint density at radius 3 is 2.04 bits per heavy atom. The van der Waals surface area contributed by atoms with E-state index in [4.69, 9.17) is 4.74 Å². The predicted molar refractivity (Wildman–Crippen MR) is 99.8 cm³/mol. The van der Waals surface area contributed by atoms with Gasteiger partial charge < -0.3 is 4.74 Å². The highest BCUT2D eigenvalue weighted by molar-refractivity contribution is 5.99.